The van der Waals surface area contributed by atoms with Gasteiger partial charge in [0.15, 0.2) is 0 Å². The first-order chi connectivity index (χ1) is 9.66. The highest BCUT2D eigenvalue weighted by Crippen LogP contribution is 2.10. The molecule has 2 aromatic rings. The minimum Gasteiger partial charge on any atom is -0.393 e. The Morgan fingerprint density at radius 1 is 1.50 bits per heavy atom. The Morgan fingerprint density at radius 3 is 2.95 bits per heavy atom. The van der Waals surface area contributed by atoms with E-state index in [0.717, 1.165) is 5.56 Å². The van der Waals surface area contributed by atoms with Crippen LogP contribution in [0.1, 0.15) is 22.5 Å². The van der Waals surface area contributed by atoms with Gasteiger partial charge in [0.05, 0.1) is 10.5 Å². The number of carbonyl (C=O) groups is 1. The SMILES string of the molecule is NC(=S)CCN(Cc1cccnc1)C(=O)c1cscn1. The molecule has 0 radical (unpaired) electrons. The molecule has 2 rings (SSSR count). The second-order valence-corrected chi connectivity index (χ2v) is 5.42. The number of amides is 1. The van der Waals surface area contributed by atoms with Crippen molar-refractivity contribution in [1.82, 2.24) is 14.9 Å². The minimum atomic E-state index is -0.119. The third kappa shape index (κ3) is 4.07. The molecule has 20 heavy (non-hydrogen) atoms. The molecule has 0 aliphatic carbocycles. The van der Waals surface area contributed by atoms with Crippen LogP contribution in [0.2, 0.25) is 0 Å². The van der Waals surface area contributed by atoms with Crippen molar-refractivity contribution in [1.29, 1.82) is 0 Å². The lowest BCUT2D eigenvalue weighted by Crippen LogP contribution is -2.33. The number of rotatable bonds is 6. The van der Waals surface area contributed by atoms with Crippen LogP contribution < -0.4 is 5.73 Å². The molecule has 2 aromatic heterocycles. The van der Waals surface area contributed by atoms with Crippen LogP contribution in [0, 0.1) is 0 Å². The third-order valence-corrected chi connectivity index (χ3v) is 3.45. The molecule has 0 aliphatic rings. The Balaban J connectivity index is 2.12. The van der Waals surface area contributed by atoms with Gasteiger partial charge in [-0.3, -0.25) is 9.78 Å². The van der Waals surface area contributed by atoms with Gasteiger partial charge in [0.25, 0.3) is 5.91 Å². The first kappa shape index (κ1) is 14.5. The molecule has 0 saturated heterocycles. The molecule has 5 nitrogen and oxygen atoms in total. The second kappa shape index (κ2) is 7.06. The van der Waals surface area contributed by atoms with Crippen molar-refractivity contribution in [3.63, 3.8) is 0 Å². The summed E-state index contributed by atoms with van der Waals surface area (Å²) in [5.74, 6) is -0.119. The Kier molecular flexibility index (Phi) is 5.14. The maximum Gasteiger partial charge on any atom is 0.273 e. The van der Waals surface area contributed by atoms with E-state index in [1.807, 2.05) is 12.1 Å². The van der Waals surface area contributed by atoms with Crippen molar-refractivity contribution in [2.45, 2.75) is 13.0 Å². The van der Waals surface area contributed by atoms with Gasteiger partial charge >= 0.3 is 0 Å². The summed E-state index contributed by atoms with van der Waals surface area (Å²) in [4.78, 5) is 22.6. The fourth-order valence-electron chi connectivity index (χ4n) is 1.69. The van der Waals surface area contributed by atoms with Crippen molar-refractivity contribution in [3.8, 4) is 0 Å². The number of hydrogen-bond donors (Lipinski definition) is 1. The minimum absolute atomic E-state index is 0.119. The zero-order valence-electron chi connectivity index (χ0n) is 10.7. The second-order valence-electron chi connectivity index (χ2n) is 4.18. The van der Waals surface area contributed by atoms with Gasteiger partial charge in [0, 0.05) is 37.3 Å². The summed E-state index contributed by atoms with van der Waals surface area (Å²) < 4.78 is 0. The van der Waals surface area contributed by atoms with Crippen molar-refractivity contribution in [3.05, 3.63) is 46.7 Å². The molecule has 0 aromatic carbocycles. The lowest BCUT2D eigenvalue weighted by molar-refractivity contribution is 0.0743. The van der Waals surface area contributed by atoms with Crippen molar-refractivity contribution >= 4 is 34.5 Å². The average molecular weight is 306 g/mol. The van der Waals surface area contributed by atoms with Crippen LogP contribution in [0.15, 0.2) is 35.4 Å². The van der Waals surface area contributed by atoms with Gasteiger partial charge < -0.3 is 10.6 Å². The van der Waals surface area contributed by atoms with E-state index >= 15 is 0 Å². The van der Waals surface area contributed by atoms with E-state index in [0.29, 0.717) is 30.2 Å². The summed E-state index contributed by atoms with van der Waals surface area (Å²) in [6.07, 6.45) is 3.93. The van der Waals surface area contributed by atoms with Crippen molar-refractivity contribution < 1.29 is 4.79 Å². The molecule has 0 unspecified atom stereocenters. The highest BCUT2D eigenvalue weighted by Gasteiger charge is 2.18. The summed E-state index contributed by atoms with van der Waals surface area (Å²) in [5, 5.41) is 1.74. The van der Waals surface area contributed by atoms with Gasteiger partial charge in [0.1, 0.15) is 5.69 Å². The molecule has 104 valence electrons. The summed E-state index contributed by atoms with van der Waals surface area (Å²) >= 11 is 6.27. The molecule has 0 aliphatic heterocycles. The average Bonchev–Trinajstić information content (AvgIpc) is 2.97. The molecule has 2 heterocycles. The highest BCUT2D eigenvalue weighted by atomic mass is 32.1. The Morgan fingerprint density at radius 2 is 2.35 bits per heavy atom. The quantitative estimate of drug-likeness (QED) is 0.825. The molecule has 1 amide bonds. The molecule has 0 fully saturated rings. The molecule has 0 saturated carbocycles. The van der Waals surface area contributed by atoms with Crippen LogP contribution >= 0.6 is 23.6 Å². The lowest BCUT2D eigenvalue weighted by Gasteiger charge is -2.21. The number of pyridine rings is 1. The molecule has 7 heteroatoms. The van der Waals surface area contributed by atoms with Crippen LogP contribution in [0.3, 0.4) is 0 Å². The molecule has 0 bridgehead atoms. The van der Waals surface area contributed by atoms with E-state index in [1.165, 1.54) is 11.3 Å². The fraction of sp³-hybridized carbons (Fsp3) is 0.231. The van der Waals surface area contributed by atoms with Gasteiger partial charge in [-0.1, -0.05) is 18.3 Å². The molecular weight excluding hydrogens is 292 g/mol. The Hall–Kier alpha value is -1.86. The molecular formula is C13H14N4OS2. The maximum atomic E-state index is 12.4. The fourth-order valence-corrected chi connectivity index (χ4v) is 2.31. The first-order valence-corrected chi connectivity index (χ1v) is 7.36. The number of carbonyl (C=O) groups excluding carboxylic acids is 1. The monoisotopic (exact) mass is 306 g/mol. The topological polar surface area (TPSA) is 72.1 Å². The van der Waals surface area contributed by atoms with Crippen LogP contribution in [0.4, 0.5) is 0 Å². The predicted octanol–water partition coefficient (Wildman–Crippen LogP) is 1.86. The first-order valence-electron chi connectivity index (χ1n) is 6.01. The van der Waals surface area contributed by atoms with Gasteiger partial charge in [-0.15, -0.1) is 11.3 Å². The standard InChI is InChI=1S/C13H14N4OS2/c14-12(19)3-5-17(7-10-2-1-4-15-6-10)13(18)11-8-20-9-16-11/h1-2,4,6,8-9H,3,5,7H2,(H2,14,19). The van der Waals surface area contributed by atoms with Crippen LogP contribution in [-0.2, 0) is 6.54 Å². The summed E-state index contributed by atoms with van der Waals surface area (Å²) in [5.41, 5.74) is 8.57. The van der Waals surface area contributed by atoms with Gasteiger partial charge in [-0.2, -0.15) is 0 Å². The normalized spacial score (nSPS) is 10.2. The summed E-state index contributed by atoms with van der Waals surface area (Å²) in [7, 11) is 0. The highest BCUT2D eigenvalue weighted by molar-refractivity contribution is 7.80. The van der Waals surface area contributed by atoms with E-state index < -0.39 is 0 Å². The summed E-state index contributed by atoms with van der Waals surface area (Å²) in [6, 6.07) is 3.77. The third-order valence-electron chi connectivity index (χ3n) is 2.66. The van der Waals surface area contributed by atoms with Crippen LogP contribution in [0.25, 0.3) is 0 Å². The van der Waals surface area contributed by atoms with Gasteiger partial charge in [-0.05, 0) is 11.6 Å². The van der Waals surface area contributed by atoms with E-state index in [-0.39, 0.29) is 5.91 Å². The Bertz CT molecular complexity index is 571. The molecule has 0 spiro atoms. The number of hydrogen-bond acceptors (Lipinski definition) is 5. The number of thiazole rings is 1. The van der Waals surface area contributed by atoms with Crippen LogP contribution in [0.5, 0.6) is 0 Å². The summed E-state index contributed by atoms with van der Waals surface area (Å²) in [6.45, 7) is 0.938. The van der Waals surface area contributed by atoms with Crippen LogP contribution in [-0.4, -0.2) is 32.3 Å². The zero-order chi connectivity index (χ0) is 14.4. The Labute approximate surface area is 126 Å². The molecule has 2 N–H and O–H groups in total. The smallest absolute Gasteiger partial charge is 0.273 e. The number of nitrogens with zero attached hydrogens (tertiary/aromatic N) is 3. The van der Waals surface area contributed by atoms with Crippen molar-refractivity contribution in [2.75, 3.05) is 6.54 Å². The number of nitrogens with two attached hydrogens (primary N) is 1. The largest absolute Gasteiger partial charge is 0.393 e. The molecule has 0 atom stereocenters. The number of aromatic nitrogens is 2. The predicted molar refractivity (Wildman–Crippen MR) is 82.5 cm³/mol. The maximum absolute atomic E-state index is 12.4. The van der Waals surface area contributed by atoms with E-state index in [1.54, 1.807) is 28.2 Å². The van der Waals surface area contributed by atoms with Gasteiger partial charge in [0.2, 0.25) is 0 Å². The lowest BCUT2D eigenvalue weighted by atomic mass is 10.2. The van der Waals surface area contributed by atoms with E-state index in [4.69, 9.17) is 18.0 Å². The number of thiocarbonyl (C=S) groups is 1. The van der Waals surface area contributed by atoms with E-state index in [2.05, 4.69) is 9.97 Å². The van der Waals surface area contributed by atoms with Gasteiger partial charge in [-0.25, -0.2) is 4.98 Å². The zero-order valence-corrected chi connectivity index (χ0v) is 12.4. The van der Waals surface area contributed by atoms with E-state index in [9.17, 15) is 4.79 Å². The van der Waals surface area contributed by atoms with Crippen molar-refractivity contribution in [2.24, 2.45) is 5.73 Å².